The van der Waals surface area contributed by atoms with E-state index in [1.165, 1.54) is 12.1 Å². The van der Waals surface area contributed by atoms with Gasteiger partial charge in [0.2, 0.25) is 0 Å². The highest BCUT2D eigenvalue weighted by molar-refractivity contribution is 9.10. The Hall–Kier alpha value is -2.34. The minimum absolute atomic E-state index is 0.0109. The van der Waals surface area contributed by atoms with Crippen molar-refractivity contribution in [1.29, 1.82) is 0 Å². The van der Waals surface area contributed by atoms with E-state index in [2.05, 4.69) is 26.6 Å². The highest BCUT2D eigenvalue weighted by atomic mass is 79.9. The van der Waals surface area contributed by atoms with E-state index in [4.69, 9.17) is 0 Å². The molecule has 0 saturated heterocycles. The van der Waals surface area contributed by atoms with Gasteiger partial charge in [0.05, 0.1) is 0 Å². The van der Waals surface area contributed by atoms with Crippen molar-refractivity contribution in [2.75, 3.05) is 10.6 Å². The molecule has 21 heavy (non-hydrogen) atoms. The summed E-state index contributed by atoms with van der Waals surface area (Å²) in [4.78, 5) is 23.6. The van der Waals surface area contributed by atoms with Gasteiger partial charge >= 0.3 is 11.8 Å². The number of phenolic OH excluding ortho intramolecular Hbond substituents is 1. The Morgan fingerprint density at radius 3 is 2.19 bits per heavy atom. The molecule has 3 N–H and O–H groups in total. The predicted octanol–water partition coefficient (Wildman–Crippen LogP) is 3.04. The molecule has 2 aromatic carbocycles. The Kier molecular flexibility index (Phi) is 4.59. The number of phenols is 1. The van der Waals surface area contributed by atoms with E-state index in [0.29, 0.717) is 11.4 Å². The largest absolute Gasteiger partial charge is 0.508 e. The second-order valence-electron chi connectivity index (χ2n) is 4.42. The van der Waals surface area contributed by atoms with Crippen LogP contribution in [0.15, 0.2) is 46.9 Å². The molecule has 0 spiro atoms. The van der Waals surface area contributed by atoms with Gasteiger partial charge in [0, 0.05) is 21.9 Å². The van der Waals surface area contributed by atoms with Crippen LogP contribution in [0.1, 0.15) is 5.56 Å². The van der Waals surface area contributed by atoms with E-state index in [9.17, 15) is 14.7 Å². The molecule has 108 valence electrons. The number of hydrogen-bond donors (Lipinski definition) is 3. The maximum Gasteiger partial charge on any atom is 0.314 e. The van der Waals surface area contributed by atoms with Crippen LogP contribution in [-0.2, 0) is 9.59 Å². The number of anilines is 2. The number of rotatable bonds is 2. The minimum Gasteiger partial charge on any atom is -0.508 e. The smallest absolute Gasteiger partial charge is 0.314 e. The number of nitrogens with one attached hydrogen (secondary N) is 2. The van der Waals surface area contributed by atoms with Crippen molar-refractivity contribution in [3.63, 3.8) is 0 Å². The first-order valence-corrected chi connectivity index (χ1v) is 6.92. The molecule has 0 atom stereocenters. The van der Waals surface area contributed by atoms with Crippen LogP contribution in [-0.4, -0.2) is 16.9 Å². The van der Waals surface area contributed by atoms with Crippen LogP contribution in [0, 0.1) is 6.92 Å². The maximum atomic E-state index is 11.8. The summed E-state index contributed by atoms with van der Waals surface area (Å²) in [5, 5.41) is 14.2. The molecule has 0 saturated carbocycles. The number of benzene rings is 2. The Labute approximate surface area is 130 Å². The van der Waals surface area contributed by atoms with Gasteiger partial charge in [-0.05, 0) is 42.8 Å². The van der Waals surface area contributed by atoms with E-state index in [0.717, 1.165) is 10.0 Å². The molecule has 2 aromatic rings. The summed E-state index contributed by atoms with van der Waals surface area (Å²) in [6, 6.07) is 11.2. The zero-order valence-corrected chi connectivity index (χ0v) is 12.8. The van der Waals surface area contributed by atoms with Gasteiger partial charge in [-0.2, -0.15) is 0 Å². The molecule has 0 unspecified atom stereocenters. The summed E-state index contributed by atoms with van der Waals surface area (Å²) in [5.74, 6) is -1.57. The van der Waals surface area contributed by atoms with E-state index in [-0.39, 0.29) is 5.75 Å². The fourth-order valence-electron chi connectivity index (χ4n) is 1.68. The Bertz CT molecular complexity index is 701. The molecular weight excluding hydrogens is 336 g/mol. The molecule has 5 nitrogen and oxygen atoms in total. The molecule has 0 aromatic heterocycles. The van der Waals surface area contributed by atoms with Gasteiger partial charge in [0.25, 0.3) is 0 Å². The van der Waals surface area contributed by atoms with Crippen molar-refractivity contribution in [3.8, 4) is 5.75 Å². The molecule has 2 amide bonds. The van der Waals surface area contributed by atoms with E-state index in [1.807, 2.05) is 6.92 Å². The van der Waals surface area contributed by atoms with Crippen molar-refractivity contribution < 1.29 is 14.7 Å². The van der Waals surface area contributed by atoms with E-state index in [1.54, 1.807) is 30.3 Å². The summed E-state index contributed by atoms with van der Waals surface area (Å²) >= 11 is 3.36. The number of hydrogen-bond acceptors (Lipinski definition) is 3. The second kappa shape index (κ2) is 6.41. The van der Waals surface area contributed by atoms with Crippen LogP contribution in [0.4, 0.5) is 11.4 Å². The molecule has 0 aliphatic rings. The zero-order valence-electron chi connectivity index (χ0n) is 11.2. The molecule has 2 rings (SSSR count). The van der Waals surface area contributed by atoms with Crippen LogP contribution in [0.2, 0.25) is 0 Å². The lowest BCUT2D eigenvalue weighted by Gasteiger charge is -2.08. The van der Waals surface area contributed by atoms with Crippen LogP contribution in [0.25, 0.3) is 0 Å². The number of aryl methyl sites for hydroxylation is 1. The van der Waals surface area contributed by atoms with Crippen LogP contribution < -0.4 is 10.6 Å². The summed E-state index contributed by atoms with van der Waals surface area (Å²) in [5.41, 5.74) is 1.83. The number of carbonyl (C=O) groups is 2. The predicted molar refractivity (Wildman–Crippen MR) is 84.2 cm³/mol. The fourth-order valence-corrected chi connectivity index (χ4v) is 1.93. The highest BCUT2D eigenvalue weighted by Crippen LogP contribution is 2.20. The molecule has 0 aliphatic heterocycles. The zero-order chi connectivity index (χ0) is 15.4. The summed E-state index contributed by atoms with van der Waals surface area (Å²) in [6.45, 7) is 1.88. The molecule has 0 heterocycles. The van der Waals surface area contributed by atoms with Crippen LogP contribution in [0.3, 0.4) is 0 Å². The molecule has 6 heteroatoms. The van der Waals surface area contributed by atoms with Gasteiger partial charge in [-0.25, -0.2) is 0 Å². The SMILES string of the molecule is Cc1cc(NC(=O)C(=O)Nc2cccc(O)c2)ccc1Br. The first-order chi connectivity index (χ1) is 9.95. The van der Waals surface area contributed by atoms with Gasteiger partial charge in [0.1, 0.15) is 5.75 Å². The van der Waals surface area contributed by atoms with Crippen molar-refractivity contribution >= 4 is 39.1 Å². The van der Waals surface area contributed by atoms with Crippen molar-refractivity contribution in [2.45, 2.75) is 6.92 Å². The molecule has 0 aliphatic carbocycles. The van der Waals surface area contributed by atoms with Gasteiger partial charge < -0.3 is 15.7 Å². The summed E-state index contributed by atoms with van der Waals surface area (Å²) < 4.78 is 0.921. The van der Waals surface area contributed by atoms with Crippen LogP contribution >= 0.6 is 15.9 Å². The normalized spacial score (nSPS) is 10.0. The first-order valence-electron chi connectivity index (χ1n) is 6.13. The van der Waals surface area contributed by atoms with Gasteiger partial charge in [-0.3, -0.25) is 9.59 Å². The number of halogens is 1. The maximum absolute atomic E-state index is 11.8. The number of aromatic hydroxyl groups is 1. The lowest BCUT2D eigenvalue weighted by atomic mass is 10.2. The number of carbonyl (C=O) groups excluding carboxylic acids is 2. The Balaban J connectivity index is 2.02. The fraction of sp³-hybridized carbons (Fsp3) is 0.0667. The summed E-state index contributed by atoms with van der Waals surface area (Å²) in [7, 11) is 0. The molecular formula is C15H13BrN2O3. The third-order valence-corrected chi connectivity index (χ3v) is 3.62. The van der Waals surface area contributed by atoms with E-state index < -0.39 is 11.8 Å². The minimum atomic E-state index is -0.804. The van der Waals surface area contributed by atoms with Crippen molar-refractivity contribution in [1.82, 2.24) is 0 Å². The Morgan fingerprint density at radius 2 is 1.62 bits per heavy atom. The lowest BCUT2D eigenvalue weighted by Crippen LogP contribution is -2.29. The average molecular weight is 349 g/mol. The third-order valence-electron chi connectivity index (χ3n) is 2.73. The van der Waals surface area contributed by atoms with E-state index >= 15 is 0 Å². The average Bonchev–Trinajstić information content (AvgIpc) is 2.43. The lowest BCUT2D eigenvalue weighted by molar-refractivity contribution is -0.132. The summed E-state index contributed by atoms with van der Waals surface area (Å²) in [6.07, 6.45) is 0. The van der Waals surface area contributed by atoms with Gasteiger partial charge in [0.15, 0.2) is 0 Å². The van der Waals surface area contributed by atoms with Gasteiger partial charge in [-0.1, -0.05) is 22.0 Å². The first kappa shape index (κ1) is 15.1. The van der Waals surface area contributed by atoms with Crippen molar-refractivity contribution in [2.24, 2.45) is 0 Å². The number of amides is 2. The second-order valence-corrected chi connectivity index (χ2v) is 5.28. The van der Waals surface area contributed by atoms with Gasteiger partial charge in [-0.15, -0.1) is 0 Å². The molecule has 0 radical (unpaired) electrons. The monoisotopic (exact) mass is 348 g/mol. The topological polar surface area (TPSA) is 78.4 Å². The highest BCUT2D eigenvalue weighted by Gasteiger charge is 2.14. The van der Waals surface area contributed by atoms with Crippen LogP contribution in [0.5, 0.6) is 5.75 Å². The quantitative estimate of drug-likeness (QED) is 0.730. The molecule has 0 fully saturated rings. The molecule has 0 bridgehead atoms. The third kappa shape index (κ3) is 4.06. The Morgan fingerprint density at radius 1 is 1.00 bits per heavy atom. The van der Waals surface area contributed by atoms with Crippen molar-refractivity contribution in [3.05, 3.63) is 52.5 Å². The standard InChI is InChI=1S/C15H13BrN2O3/c1-9-7-11(5-6-13(9)16)18-15(21)14(20)17-10-3-2-4-12(19)8-10/h2-8,19H,1H3,(H,17,20)(H,18,21).